The molecule has 1 unspecified atom stereocenters. The van der Waals surface area contributed by atoms with Crippen LogP contribution in [0.1, 0.15) is 35.2 Å². The van der Waals surface area contributed by atoms with Gasteiger partial charge in [-0.25, -0.2) is 0 Å². The molecule has 0 bridgehead atoms. The topological polar surface area (TPSA) is 109 Å². The second-order valence-corrected chi connectivity index (χ2v) is 8.94. The van der Waals surface area contributed by atoms with Crippen LogP contribution in [-0.4, -0.2) is 43.5 Å². The average Bonchev–Trinajstić information content (AvgIpc) is 3.44. The number of amides is 3. The lowest BCUT2D eigenvalue weighted by Gasteiger charge is -2.12. The zero-order chi connectivity index (χ0) is 25.9. The highest BCUT2D eigenvalue weighted by molar-refractivity contribution is 5.97. The zero-order valence-electron chi connectivity index (χ0n) is 20.7. The van der Waals surface area contributed by atoms with Crippen molar-refractivity contribution in [2.75, 3.05) is 35.6 Å². The van der Waals surface area contributed by atoms with Crippen molar-refractivity contribution in [3.8, 4) is 0 Å². The van der Waals surface area contributed by atoms with Gasteiger partial charge in [0.2, 0.25) is 11.8 Å². The Hall–Kier alpha value is -4.17. The van der Waals surface area contributed by atoms with Crippen LogP contribution < -0.4 is 21.3 Å². The molecular formula is C29H32N4O4. The van der Waals surface area contributed by atoms with E-state index < -0.39 is 0 Å². The Labute approximate surface area is 216 Å². The Balaban J connectivity index is 1.22. The third kappa shape index (κ3) is 8.47. The molecular weight excluding hydrogens is 468 g/mol. The summed E-state index contributed by atoms with van der Waals surface area (Å²) in [5.41, 5.74) is 3.48. The molecule has 1 aliphatic heterocycles. The zero-order valence-corrected chi connectivity index (χ0v) is 20.7. The largest absolute Gasteiger partial charge is 0.376 e. The van der Waals surface area contributed by atoms with E-state index in [0.29, 0.717) is 42.0 Å². The number of carbonyl (C=O) groups excluding carboxylic acids is 3. The predicted molar refractivity (Wildman–Crippen MR) is 145 cm³/mol. The molecule has 0 saturated carbocycles. The van der Waals surface area contributed by atoms with E-state index in [0.717, 1.165) is 25.0 Å². The van der Waals surface area contributed by atoms with Gasteiger partial charge in [-0.15, -0.1) is 0 Å². The van der Waals surface area contributed by atoms with E-state index in [1.54, 1.807) is 48.5 Å². The average molecular weight is 501 g/mol. The quantitative estimate of drug-likeness (QED) is 0.315. The minimum absolute atomic E-state index is 0.0225. The molecule has 8 nitrogen and oxygen atoms in total. The summed E-state index contributed by atoms with van der Waals surface area (Å²) >= 11 is 0. The van der Waals surface area contributed by atoms with Gasteiger partial charge in [-0.2, -0.15) is 0 Å². The minimum atomic E-state index is -0.249. The second kappa shape index (κ2) is 13.2. The molecule has 1 atom stereocenters. The van der Waals surface area contributed by atoms with Crippen LogP contribution in [-0.2, 0) is 20.7 Å². The highest BCUT2D eigenvalue weighted by Gasteiger charge is 2.17. The maximum Gasteiger partial charge on any atom is 0.251 e. The number of anilines is 3. The van der Waals surface area contributed by atoms with Gasteiger partial charge in [0.25, 0.3) is 5.91 Å². The number of nitrogens with one attached hydrogen (secondary N) is 4. The van der Waals surface area contributed by atoms with E-state index in [9.17, 15) is 14.4 Å². The molecule has 0 radical (unpaired) electrons. The van der Waals surface area contributed by atoms with Crippen molar-refractivity contribution in [2.24, 2.45) is 0 Å². The van der Waals surface area contributed by atoms with Crippen LogP contribution in [0.15, 0.2) is 78.9 Å². The Morgan fingerprint density at radius 1 is 0.811 bits per heavy atom. The molecule has 37 heavy (non-hydrogen) atoms. The number of hydrogen-bond acceptors (Lipinski definition) is 5. The molecule has 8 heteroatoms. The normalized spacial score (nSPS) is 14.5. The summed E-state index contributed by atoms with van der Waals surface area (Å²) in [6.45, 7) is 1.26. The molecule has 1 saturated heterocycles. The highest BCUT2D eigenvalue weighted by Crippen LogP contribution is 2.17. The lowest BCUT2D eigenvalue weighted by Crippen LogP contribution is -2.31. The van der Waals surface area contributed by atoms with E-state index >= 15 is 0 Å². The Kier molecular flexibility index (Phi) is 9.26. The van der Waals surface area contributed by atoms with Crippen LogP contribution in [0.2, 0.25) is 0 Å². The van der Waals surface area contributed by atoms with Crippen LogP contribution in [0.3, 0.4) is 0 Å². The van der Waals surface area contributed by atoms with Crippen molar-refractivity contribution in [1.29, 1.82) is 0 Å². The van der Waals surface area contributed by atoms with E-state index in [2.05, 4.69) is 21.3 Å². The Morgan fingerprint density at radius 2 is 1.54 bits per heavy atom. The summed E-state index contributed by atoms with van der Waals surface area (Å²) < 4.78 is 5.54. The summed E-state index contributed by atoms with van der Waals surface area (Å²) in [7, 11) is 0. The second-order valence-electron chi connectivity index (χ2n) is 8.94. The molecule has 3 aromatic carbocycles. The van der Waals surface area contributed by atoms with Crippen molar-refractivity contribution < 1.29 is 19.1 Å². The highest BCUT2D eigenvalue weighted by atomic mass is 16.5. The smallest absolute Gasteiger partial charge is 0.251 e. The summed E-state index contributed by atoms with van der Waals surface area (Å²) in [5, 5.41) is 11.7. The number of ether oxygens (including phenoxy) is 1. The lowest BCUT2D eigenvalue weighted by atomic mass is 10.1. The van der Waals surface area contributed by atoms with E-state index in [4.69, 9.17) is 4.74 Å². The van der Waals surface area contributed by atoms with E-state index in [-0.39, 0.29) is 30.4 Å². The van der Waals surface area contributed by atoms with Gasteiger partial charge in [0, 0.05) is 42.2 Å². The van der Waals surface area contributed by atoms with Crippen molar-refractivity contribution >= 4 is 34.8 Å². The lowest BCUT2D eigenvalue weighted by molar-refractivity contribution is -0.116. The fourth-order valence-corrected chi connectivity index (χ4v) is 4.07. The van der Waals surface area contributed by atoms with Crippen LogP contribution in [0.5, 0.6) is 0 Å². The van der Waals surface area contributed by atoms with Crippen molar-refractivity contribution in [1.82, 2.24) is 5.32 Å². The van der Waals surface area contributed by atoms with Crippen molar-refractivity contribution in [3.05, 3.63) is 90.0 Å². The number of rotatable bonds is 11. The van der Waals surface area contributed by atoms with Gasteiger partial charge in [0.1, 0.15) is 0 Å². The van der Waals surface area contributed by atoms with Gasteiger partial charge in [-0.1, -0.05) is 42.5 Å². The number of carbonyl (C=O) groups is 3. The number of benzene rings is 3. The van der Waals surface area contributed by atoms with Crippen LogP contribution in [0, 0.1) is 0 Å². The maximum absolute atomic E-state index is 12.5. The predicted octanol–water partition coefficient (Wildman–Crippen LogP) is 4.22. The summed E-state index contributed by atoms with van der Waals surface area (Å²) in [6.07, 6.45) is 3.09. The monoisotopic (exact) mass is 500 g/mol. The minimum Gasteiger partial charge on any atom is -0.376 e. The first-order valence-corrected chi connectivity index (χ1v) is 12.5. The molecule has 1 fully saturated rings. The number of aryl methyl sites for hydroxylation is 1. The molecule has 3 amide bonds. The van der Waals surface area contributed by atoms with Gasteiger partial charge in [0.05, 0.1) is 12.6 Å². The van der Waals surface area contributed by atoms with Gasteiger partial charge in [0.15, 0.2) is 0 Å². The third-order valence-electron chi connectivity index (χ3n) is 6.01. The molecule has 0 spiro atoms. The Bertz CT molecular complexity index is 1210. The molecule has 4 rings (SSSR count). The first-order valence-electron chi connectivity index (χ1n) is 12.5. The first kappa shape index (κ1) is 25.9. The molecule has 0 aromatic heterocycles. The third-order valence-corrected chi connectivity index (χ3v) is 6.01. The van der Waals surface area contributed by atoms with E-state index in [1.165, 1.54) is 0 Å². The summed E-state index contributed by atoms with van der Waals surface area (Å²) in [6, 6.07) is 23.9. The Morgan fingerprint density at radius 3 is 2.30 bits per heavy atom. The van der Waals surface area contributed by atoms with Crippen LogP contribution in [0.4, 0.5) is 17.1 Å². The summed E-state index contributed by atoms with van der Waals surface area (Å²) in [5.74, 6) is -0.513. The molecule has 1 aliphatic rings. The van der Waals surface area contributed by atoms with Gasteiger partial charge in [-0.05, 0) is 61.2 Å². The van der Waals surface area contributed by atoms with Crippen molar-refractivity contribution in [2.45, 2.75) is 31.8 Å². The number of hydrogen-bond donors (Lipinski definition) is 4. The van der Waals surface area contributed by atoms with Gasteiger partial charge in [-0.3, -0.25) is 14.4 Å². The molecule has 4 N–H and O–H groups in total. The molecule has 1 heterocycles. The maximum atomic E-state index is 12.5. The standard InChI is InChI=1S/C29H32N4O4/c34-27(15-14-21-7-2-1-3-8-21)32-24-11-5-12-25(18-24)33-28(35)20-30-23-10-4-9-22(17-23)29(36)31-19-26-13-6-16-37-26/h1-5,7-12,17-18,26,30H,6,13-16,19-20H2,(H,31,36)(H,32,34)(H,33,35). The van der Waals surface area contributed by atoms with Gasteiger partial charge < -0.3 is 26.0 Å². The first-order chi connectivity index (χ1) is 18.0. The van der Waals surface area contributed by atoms with Gasteiger partial charge >= 0.3 is 0 Å². The van der Waals surface area contributed by atoms with Crippen molar-refractivity contribution in [3.63, 3.8) is 0 Å². The fraction of sp³-hybridized carbons (Fsp3) is 0.276. The molecule has 3 aromatic rings. The SMILES string of the molecule is O=C(CCc1ccccc1)Nc1cccc(NC(=O)CNc2cccc(C(=O)NCC3CCCO3)c2)c1. The van der Waals surface area contributed by atoms with E-state index in [1.807, 2.05) is 30.3 Å². The van der Waals surface area contributed by atoms with Crippen LogP contribution in [0.25, 0.3) is 0 Å². The fourth-order valence-electron chi connectivity index (χ4n) is 4.07. The van der Waals surface area contributed by atoms with Crippen LogP contribution >= 0.6 is 0 Å². The molecule has 0 aliphatic carbocycles. The summed E-state index contributed by atoms with van der Waals surface area (Å²) in [4.78, 5) is 37.3. The molecule has 192 valence electrons.